The molecule has 0 bridgehead atoms. The molecule has 4 heteroatoms. The van der Waals surface area contributed by atoms with E-state index in [1.165, 1.54) is 54.7 Å². The first kappa shape index (κ1) is 29.9. The lowest BCUT2D eigenvalue weighted by Gasteiger charge is -2.21. The van der Waals surface area contributed by atoms with E-state index in [2.05, 4.69) is 193 Å². The molecule has 4 nitrogen and oxygen atoms in total. The number of hydrogen-bond donors (Lipinski definition) is 0. The molecule has 0 aliphatic heterocycles. The third-order valence-corrected chi connectivity index (χ3v) is 11.3. The Labute approximate surface area is 307 Å². The molecule has 7 aromatic carbocycles. The molecule has 10 aromatic rings. The highest BCUT2D eigenvalue weighted by Gasteiger charge is 2.39. The summed E-state index contributed by atoms with van der Waals surface area (Å²) in [5.74, 6) is 0.742. The van der Waals surface area contributed by atoms with Gasteiger partial charge in [0.05, 0.1) is 33.5 Å². The second kappa shape index (κ2) is 11.1. The highest BCUT2D eigenvalue weighted by atomic mass is 15.0. The van der Waals surface area contributed by atoms with Crippen LogP contribution in [-0.2, 0) is 5.41 Å². The number of nitrogens with zero attached hydrogens (tertiary/aromatic N) is 4. The van der Waals surface area contributed by atoms with Gasteiger partial charge < -0.3 is 9.13 Å². The van der Waals surface area contributed by atoms with Crippen LogP contribution in [0.25, 0.3) is 88.8 Å². The number of rotatable bonds is 4. The Morgan fingerprint density at radius 1 is 0.434 bits per heavy atom. The van der Waals surface area contributed by atoms with Crippen LogP contribution in [0, 0.1) is 0 Å². The van der Waals surface area contributed by atoms with Gasteiger partial charge in [-0.25, -0.2) is 9.97 Å². The SMILES string of the molecule is CC1(C)c2ccccc2-c2c(-c3ccccc3)nc(-c3ccc(-n4c5ccccc5c5cc6c7ccccc7n(-c7ccccc7)c6cc54)cc3)nc21. The first-order chi connectivity index (χ1) is 26.1. The molecular formula is C49H34N4. The summed E-state index contributed by atoms with van der Waals surface area (Å²) in [7, 11) is 0. The van der Waals surface area contributed by atoms with Gasteiger partial charge in [-0.1, -0.05) is 123 Å². The Bertz CT molecular complexity index is 3060. The number of para-hydroxylation sites is 3. The maximum atomic E-state index is 5.34. The second-order valence-electron chi connectivity index (χ2n) is 14.6. The van der Waals surface area contributed by atoms with Gasteiger partial charge >= 0.3 is 0 Å². The van der Waals surface area contributed by atoms with Gasteiger partial charge in [0.25, 0.3) is 0 Å². The lowest BCUT2D eigenvalue weighted by Crippen LogP contribution is -2.17. The van der Waals surface area contributed by atoms with Crippen molar-refractivity contribution in [1.29, 1.82) is 0 Å². The molecule has 250 valence electrons. The first-order valence-corrected chi connectivity index (χ1v) is 18.3. The Hall–Kier alpha value is -6.78. The fourth-order valence-corrected chi connectivity index (χ4v) is 8.80. The zero-order valence-electron chi connectivity index (χ0n) is 29.5. The molecule has 0 fully saturated rings. The molecule has 0 unspecified atom stereocenters. The van der Waals surface area contributed by atoms with Crippen molar-refractivity contribution < 1.29 is 0 Å². The highest BCUT2D eigenvalue weighted by molar-refractivity contribution is 6.19. The Morgan fingerprint density at radius 3 is 1.64 bits per heavy atom. The fourth-order valence-electron chi connectivity index (χ4n) is 8.80. The maximum Gasteiger partial charge on any atom is 0.160 e. The minimum atomic E-state index is -0.246. The van der Waals surface area contributed by atoms with Crippen molar-refractivity contribution in [3.63, 3.8) is 0 Å². The quantitative estimate of drug-likeness (QED) is 0.186. The predicted octanol–water partition coefficient (Wildman–Crippen LogP) is 12.3. The third-order valence-electron chi connectivity index (χ3n) is 11.3. The van der Waals surface area contributed by atoms with Gasteiger partial charge in [0.2, 0.25) is 0 Å². The lowest BCUT2D eigenvalue weighted by molar-refractivity contribution is 0.636. The van der Waals surface area contributed by atoms with Gasteiger partial charge in [0.15, 0.2) is 5.82 Å². The Balaban J connectivity index is 1.11. The van der Waals surface area contributed by atoms with E-state index in [1.54, 1.807) is 0 Å². The van der Waals surface area contributed by atoms with Crippen LogP contribution in [0.4, 0.5) is 0 Å². The molecule has 0 saturated carbocycles. The fraction of sp³-hybridized carbons (Fsp3) is 0.0612. The summed E-state index contributed by atoms with van der Waals surface area (Å²) in [6.07, 6.45) is 0. The van der Waals surface area contributed by atoms with Crippen LogP contribution < -0.4 is 0 Å². The van der Waals surface area contributed by atoms with Crippen LogP contribution in [0.3, 0.4) is 0 Å². The van der Waals surface area contributed by atoms with Crippen molar-refractivity contribution in [1.82, 2.24) is 19.1 Å². The average Bonchev–Trinajstić information content (AvgIpc) is 3.80. The average molecular weight is 679 g/mol. The zero-order valence-corrected chi connectivity index (χ0v) is 29.5. The topological polar surface area (TPSA) is 35.6 Å². The largest absolute Gasteiger partial charge is 0.309 e. The molecule has 1 aliphatic rings. The predicted molar refractivity (Wildman–Crippen MR) is 219 cm³/mol. The summed E-state index contributed by atoms with van der Waals surface area (Å²) in [5, 5.41) is 4.99. The van der Waals surface area contributed by atoms with Crippen LogP contribution in [0.1, 0.15) is 25.1 Å². The molecule has 3 aromatic heterocycles. The molecular weight excluding hydrogens is 645 g/mol. The molecule has 53 heavy (non-hydrogen) atoms. The van der Waals surface area contributed by atoms with Crippen molar-refractivity contribution >= 4 is 43.6 Å². The van der Waals surface area contributed by atoms with E-state index in [0.717, 1.165) is 45.3 Å². The summed E-state index contributed by atoms with van der Waals surface area (Å²) in [4.78, 5) is 10.7. The van der Waals surface area contributed by atoms with Gasteiger partial charge in [-0.2, -0.15) is 0 Å². The van der Waals surface area contributed by atoms with E-state index in [0.29, 0.717) is 0 Å². The normalized spacial score (nSPS) is 13.2. The molecule has 0 N–H and O–H groups in total. The molecule has 0 spiro atoms. The molecule has 1 aliphatic carbocycles. The molecule has 0 saturated heterocycles. The van der Waals surface area contributed by atoms with Gasteiger partial charge in [0.1, 0.15) is 0 Å². The smallest absolute Gasteiger partial charge is 0.160 e. The van der Waals surface area contributed by atoms with Crippen LogP contribution in [0.2, 0.25) is 0 Å². The van der Waals surface area contributed by atoms with Gasteiger partial charge in [0, 0.05) is 55.0 Å². The highest BCUT2D eigenvalue weighted by Crippen LogP contribution is 2.51. The Kier molecular flexibility index (Phi) is 6.27. The molecule has 0 radical (unpaired) electrons. The molecule has 11 rings (SSSR count). The number of benzene rings is 7. The van der Waals surface area contributed by atoms with Crippen molar-refractivity contribution in [3.05, 3.63) is 181 Å². The summed E-state index contributed by atoms with van der Waals surface area (Å²) in [6.45, 7) is 4.56. The van der Waals surface area contributed by atoms with Crippen LogP contribution >= 0.6 is 0 Å². The summed E-state index contributed by atoms with van der Waals surface area (Å²) >= 11 is 0. The van der Waals surface area contributed by atoms with E-state index >= 15 is 0 Å². The standard InChI is InChI=1S/C49H34N4/c1-49(2)40-22-12-9-21-37(40)45-46(31-15-5-3-6-16-31)50-48(51-47(45)49)32-25-27-34(28-26-32)53-42-24-14-11-20-36(42)39-29-38-35-19-10-13-23-41(35)52(43(38)30-44(39)53)33-17-7-4-8-18-33/h3-30H,1-2H3. The summed E-state index contributed by atoms with van der Waals surface area (Å²) in [6, 6.07) is 61.0. The number of aromatic nitrogens is 4. The van der Waals surface area contributed by atoms with Crippen molar-refractivity contribution in [2.75, 3.05) is 0 Å². The Morgan fingerprint density at radius 2 is 0.981 bits per heavy atom. The van der Waals surface area contributed by atoms with Crippen LogP contribution in [-0.4, -0.2) is 19.1 Å². The van der Waals surface area contributed by atoms with Crippen molar-refractivity contribution in [3.8, 4) is 45.1 Å². The van der Waals surface area contributed by atoms with E-state index < -0.39 is 0 Å². The second-order valence-corrected chi connectivity index (χ2v) is 14.6. The number of hydrogen-bond acceptors (Lipinski definition) is 2. The first-order valence-electron chi connectivity index (χ1n) is 18.3. The number of fused-ring (bicyclic) bond motifs is 9. The van der Waals surface area contributed by atoms with Gasteiger partial charge in [-0.15, -0.1) is 0 Å². The van der Waals surface area contributed by atoms with Crippen LogP contribution in [0.5, 0.6) is 0 Å². The van der Waals surface area contributed by atoms with Gasteiger partial charge in [-0.05, 0) is 71.8 Å². The summed E-state index contributed by atoms with van der Waals surface area (Å²) in [5.41, 5.74) is 14.6. The minimum Gasteiger partial charge on any atom is -0.309 e. The van der Waals surface area contributed by atoms with E-state index in [1.807, 2.05) is 0 Å². The van der Waals surface area contributed by atoms with E-state index in [-0.39, 0.29) is 5.41 Å². The molecule has 0 atom stereocenters. The van der Waals surface area contributed by atoms with Crippen molar-refractivity contribution in [2.24, 2.45) is 0 Å². The minimum absolute atomic E-state index is 0.246. The van der Waals surface area contributed by atoms with Gasteiger partial charge in [-0.3, -0.25) is 0 Å². The van der Waals surface area contributed by atoms with E-state index in [9.17, 15) is 0 Å². The molecule has 0 amide bonds. The molecule has 3 heterocycles. The van der Waals surface area contributed by atoms with E-state index in [4.69, 9.17) is 9.97 Å². The van der Waals surface area contributed by atoms with Crippen molar-refractivity contribution in [2.45, 2.75) is 19.3 Å². The monoisotopic (exact) mass is 678 g/mol. The summed E-state index contributed by atoms with van der Waals surface area (Å²) < 4.78 is 4.80. The maximum absolute atomic E-state index is 5.34. The zero-order chi connectivity index (χ0) is 35.3. The lowest BCUT2D eigenvalue weighted by atomic mass is 9.85. The van der Waals surface area contributed by atoms with Crippen LogP contribution in [0.15, 0.2) is 170 Å². The third kappa shape index (κ3) is 4.30.